The van der Waals surface area contributed by atoms with Crippen LogP contribution in [0.15, 0.2) is 121 Å². The molecule has 0 atom stereocenters. The van der Waals surface area contributed by atoms with Crippen molar-refractivity contribution in [2.75, 3.05) is 34.8 Å². The Bertz CT molecular complexity index is 1660. The Morgan fingerprint density at radius 2 is 0.984 bits per heavy atom. The van der Waals surface area contributed by atoms with Crippen molar-refractivity contribution in [1.29, 1.82) is 0 Å². The van der Waals surface area contributed by atoms with Crippen molar-refractivity contribution in [3.8, 4) is 0 Å². The van der Waals surface area contributed by atoms with Crippen LogP contribution in [0, 0.1) is 27.4 Å². The van der Waals surface area contributed by atoms with E-state index in [4.69, 9.17) is 5.41 Å². The van der Waals surface area contributed by atoms with Crippen molar-refractivity contribution in [3.05, 3.63) is 182 Å². The summed E-state index contributed by atoms with van der Waals surface area (Å²) in [4.78, 5) is 13.4. The first-order chi connectivity index (χ1) is 27.1. The van der Waals surface area contributed by atoms with Gasteiger partial charge < -0.3 is 40.3 Å². The minimum atomic E-state index is -10.7. The number of benzene rings is 4. The van der Waals surface area contributed by atoms with Crippen LogP contribution in [0.2, 0.25) is 0 Å². The van der Waals surface area contributed by atoms with E-state index in [-0.39, 0.29) is 53.8 Å². The van der Waals surface area contributed by atoms with E-state index in [1.807, 2.05) is 123 Å². The van der Waals surface area contributed by atoms with Gasteiger partial charge in [0.05, 0.1) is 7.11 Å². The fourth-order valence-corrected chi connectivity index (χ4v) is 3.90. The largest absolute Gasteiger partial charge is 3.00 e. The van der Waals surface area contributed by atoms with Gasteiger partial charge in [-0.3, -0.25) is 4.79 Å². The van der Waals surface area contributed by atoms with E-state index < -0.39 is 21.6 Å². The third-order valence-electron chi connectivity index (χ3n) is 5.86. The molecule has 0 heterocycles. The molecule has 64 heavy (non-hydrogen) atoms. The molecule has 22 heteroatoms. The van der Waals surface area contributed by atoms with Gasteiger partial charge in [-0.15, -0.1) is 35.9 Å². The van der Waals surface area contributed by atoms with E-state index in [1.165, 1.54) is 18.2 Å². The molecule has 4 rings (SSSR count). The summed E-state index contributed by atoms with van der Waals surface area (Å²) in [6.07, 6.45) is 5.85. The smallest absolute Gasteiger partial charge is 0.358 e. The molecular weight excluding hydrogens is 1080 g/mol. The number of carbonyl (C=O) groups is 1. The summed E-state index contributed by atoms with van der Waals surface area (Å²) < 4.78 is 123. The molecule has 2 radical (unpaired) electrons. The van der Waals surface area contributed by atoms with Crippen molar-refractivity contribution in [2.45, 2.75) is 40.8 Å². The van der Waals surface area contributed by atoms with Gasteiger partial charge in [-0.05, 0) is 34.2 Å². The van der Waals surface area contributed by atoms with Gasteiger partial charge in [0.25, 0.3) is 0 Å². The first-order valence-electron chi connectivity index (χ1n) is 17.4. The van der Waals surface area contributed by atoms with Crippen LogP contribution in [0.5, 0.6) is 0 Å². The molecule has 4 aromatic carbocycles. The number of ether oxygens (including phenoxy) is 1. The molecule has 0 aliphatic rings. The Balaban J connectivity index is -0.000000126. The summed E-state index contributed by atoms with van der Waals surface area (Å²) in [6.45, 7) is 9.95. The number of allylic oxidation sites excluding steroid dienone is 1. The quantitative estimate of drug-likeness (QED) is 0.0245. The second kappa shape index (κ2) is 33.3. The SMILES string of the molecule is CC=[N-].CC[N-]N(C)Cc1ccccc1C(C)=[C-]C(=O)OC.C[CH-]c1ccccc1CN(C)C.F[P-](F)(F)(F)(F)F.F[P-](F)(F)(F)(F)F.[CH3-].[CH3-].[Ru+3].[Ru+3].c1ccccc1.c1ccccc1. The van der Waals surface area contributed by atoms with Crippen molar-refractivity contribution in [1.82, 2.24) is 9.91 Å². The number of carbonyl (C=O) groups excluding carboxylic acids is 1. The molecule has 0 fully saturated rings. The third-order valence-corrected chi connectivity index (χ3v) is 5.86. The molecular formula is C42H58F12N4O2P2Ru2-2. The number of esters is 1. The molecule has 4 aromatic rings. The number of nitrogens with zero attached hydrogens (tertiary/aromatic N) is 4. The number of rotatable bonds is 9. The second-order valence-corrected chi connectivity index (χ2v) is 15.7. The summed E-state index contributed by atoms with van der Waals surface area (Å²) in [6, 6.07) is 40.4. The molecule has 6 nitrogen and oxygen atoms in total. The van der Waals surface area contributed by atoms with Gasteiger partial charge >= 0.3 is 105 Å². The van der Waals surface area contributed by atoms with Crippen LogP contribution in [-0.4, -0.2) is 56.9 Å². The molecule has 0 N–H and O–H groups in total. The fourth-order valence-electron chi connectivity index (χ4n) is 3.90. The van der Waals surface area contributed by atoms with Crippen LogP contribution < -0.4 is 0 Å². The molecule has 0 aliphatic carbocycles. The van der Waals surface area contributed by atoms with Gasteiger partial charge in [0.15, 0.2) is 0 Å². The van der Waals surface area contributed by atoms with Gasteiger partial charge in [0, 0.05) is 0 Å². The summed E-state index contributed by atoms with van der Waals surface area (Å²) in [7, 11) is -13.9. The zero-order chi connectivity index (χ0) is 47.2. The van der Waals surface area contributed by atoms with Crippen LogP contribution in [0.4, 0.5) is 50.4 Å². The Hall–Kier alpha value is -3.22. The molecule has 0 aliphatic heterocycles. The monoisotopic (exact) mass is 1140 g/mol. The number of methoxy groups -OCH3 is 1. The van der Waals surface area contributed by atoms with E-state index in [2.05, 4.69) is 72.8 Å². The summed E-state index contributed by atoms with van der Waals surface area (Å²) >= 11 is 0. The predicted octanol–water partition coefficient (Wildman–Crippen LogP) is 16.8. The Morgan fingerprint density at radius 3 is 1.28 bits per heavy atom. The molecule has 0 bridgehead atoms. The minimum Gasteiger partial charge on any atom is -0.358 e. The van der Waals surface area contributed by atoms with Crippen molar-refractivity contribution >= 4 is 33.4 Å². The number of hydrogen-bond acceptors (Lipinski definition) is 4. The van der Waals surface area contributed by atoms with Gasteiger partial charge in [-0.2, -0.15) is 29.7 Å². The normalized spacial score (nSPS) is 12.2. The van der Waals surface area contributed by atoms with E-state index in [0.29, 0.717) is 6.54 Å². The molecule has 0 unspecified atom stereocenters. The average Bonchev–Trinajstić information content (AvgIpc) is 3.12. The first kappa shape index (κ1) is 75.1. The third kappa shape index (κ3) is 67.8. The van der Waals surface area contributed by atoms with Crippen molar-refractivity contribution in [2.24, 2.45) is 0 Å². The van der Waals surface area contributed by atoms with E-state index >= 15 is 0 Å². The van der Waals surface area contributed by atoms with Crippen LogP contribution in [0.25, 0.3) is 16.4 Å². The van der Waals surface area contributed by atoms with Crippen LogP contribution in [0.3, 0.4) is 0 Å². The fraction of sp³-hybridized carbons (Fsp3) is 0.262. The van der Waals surface area contributed by atoms with Gasteiger partial charge in [-0.25, -0.2) is 11.8 Å². The second-order valence-electron chi connectivity index (χ2n) is 11.9. The maximum atomic E-state index is 11.2. The van der Waals surface area contributed by atoms with Crippen LogP contribution in [-0.2, 0) is 61.6 Å². The van der Waals surface area contributed by atoms with Crippen molar-refractivity contribution < 1.29 is 98.9 Å². The number of hydrogen-bond donors (Lipinski definition) is 0. The first-order valence-corrected chi connectivity index (χ1v) is 21.4. The van der Waals surface area contributed by atoms with Gasteiger partial charge in [0.1, 0.15) is 0 Å². The molecule has 0 spiro atoms. The standard InChI is InChI=1S/C15H20N2O2.C11H16N.2C6H6.C2H4N.2CH3.2F6P.2Ru/c1-5-16-17(3)11-13-8-6-7-9-14(13)12(2)10-15(18)19-4;1-4-10-7-5-6-8-11(10)9-12(2)3;2*1-2-4-6-5-3-1;1-2-3;;;2*1-7(2,3,4,5)6;;/h6-9H,5,11H2,1-4H3;4-8H,9H2,1-3H3;2*1-6H;2H,1H3;2*1H3;;;;/q-2;-1;;;5*-1;2*+3. The Labute approximate surface area is 397 Å². The average molecular weight is 1140 g/mol. The Kier molecular flexibility index (Phi) is 39.0. The molecule has 370 valence electrons. The van der Waals surface area contributed by atoms with Gasteiger partial charge in [0.2, 0.25) is 5.97 Å². The van der Waals surface area contributed by atoms with Gasteiger partial charge in [-0.1, -0.05) is 125 Å². The Morgan fingerprint density at radius 1 is 0.672 bits per heavy atom. The van der Waals surface area contributed by atoms with E-state index in [9.17, 15) is 55.2 Å². The number of halogens is 12. The molecule has 0 saturated carbocycles. The minimum absolute atomic E-state index is 0. The van der Waals surface area contributed by atoms with Crippen LogP contribution >= 0.6 is 15.6 Å². The molecule has 0 aromatic heterocycles. The topological polar surface area (TPSA) is 69.2 Å². The molecule has 0 amide bonds. The summed E-state index contributed by atoms with van der Waals surface area (Å²) in [5.74, 6) is -0.459. The van der Waals surface area contributed by atoms with E-state index in [0.717, 1.165) is 36.0 Å². The van der Waals surface area contributed by atoms with Crippen LogP contribution in [0.1, 0.15) is 49.9 Å². The predicted molar refractivity (Wildman–Crippen MR) is 237 cm³/mol. The van der Waals surface area contributed by atoms with Crippen molar-refractivity contribution in [3.63, 3.8) is 0 Å². The molecule has 0 saturated heterocycles. The summed E-state index contributed by atoms with van der Waals surface area (Å²) in [5.41, 5.74) is 9.91. The zero-order valence-corrected chi connectivity index (χ0v) is 42.3. The maximum absolute atomic E-state index is 11.2. The zero-order valence-electron chi connectivity index (χ0n) is 37.1. The maximum Gasteiger partial charge on any atom is 3.00 e. The van der Waals surface area contributed by atoms with E-state index in [1.54, 1.807) is 6.92 Å². The summed E-state index contributed by atoms with van der Waals surface area (Å²) in [5, 5.41) is 9.34.